The minimum absolute atomic E-state index is 0.0249. The van der Waals surface area contributed by atoms with E-state index < -0.39 is 0 Å². The van der Waals surface area contributed by atoms with E-state index in [1.807, 2.05) is 12.1 Å². The lowest BCUT2D eigenvalue weighted by molar-refractivity contribution is 0.554. The van der Waals surface area contributed by atoms with Crippen LogP contribution >= 0.6 is 11.6 Å². The molecule has 1 aromatic heterocycles. The standard InChI is InChI=1S/C10H15ClN2/c1-3-10(2,8-11)13-9-4-6-12-7-5-9/h4-7H,3,8H2,1-2H3,(H,12,13). The van der Waals surface area contributed by atoms with Crippen molar-refractivity contribution >= 4 is 17.3 Å². The molecule has 2 nitrogen and oxygen atoms in total. The van der Waals surface area contributed by atoms with Crippen molar-refractivity contribution in [2.45, 2.75) is 25.8 Å². The van der Waals surface area contributed by atoms with Gasteiger partial charge in [0.05, 0.1) is 0 Å². The summed E-state index contributed by atoms with van der Waals surface area (Å²) >= 11 is 5.88. The summed E-state index contributed by atoms with van der Waals surface area (Å²) in [5.41, 5.74) is 1.04. The van der Waals surface area contributed by atoms with Crippen LogP contribution in [-0.2, 0) is 0 Å². The number of nitrogens with one attached hydrogen (secondary N) is 1. The second-order valence-corrected chi connectivity index (χ2v) is 3.68. The lowest BCUT2D eigenvalue weighted by Gasteiger charge is -2.28. The van der Waals surface area contributed by atoms with Crippen molar-refractivity contribution in [1.82, 2.24) is 4.98 Å². The number of anilines is 1. The number of nitrogens with zero attached hydrogens (tertiary/aromatic N) is 1. The maximum Gasteiger partial charge on any atom is 0.0478 e. The van der Waals surface area contributed by atoms with E-state index in [1.165, 1.54) is 0 Å². The van der Waals surface area contributed by atoms with Crippen molar-refractivity contribution in [3.63, 3.8) is 0 Å². The summed E-state index contributed by atoms with van der Waals surface area (Å²) in [4.78, 5) is 3.95. The molecule has 72 valence electrons. The molecule has 0 bridgehead atoms. The molecule has 1 aromatic rings. The largest absolute Gasteiger partial charge is 0.379 e. The van der Waals surface area contributed by atoms with Crippen LogP contribution < -0.4 is 5.32 Å². The molecular formula is C10H15ClN2. The SMILES string of the molecule is CCC(C)(CCl)Nc1ccncc1. The Bertz CT molecular complexity index is 244. The minimum atomic E-state index is -0.0249. The van der Waals surface area contributed by atoms with E-state index in [1.54, 1.807) is 12.4 Å². The van der Waals surface area contributed by atoms with Crippen LogP contribution in [0.3, 0.4) is 0 Å². The summed E-state index contributed by atoms with van der Waals surface area (Å²) in [6.45, 7) is 4.23. The predicted octanol–water partition coefficient (Wildman–Crippen LogP) is 2.90. The van der Waals surface area contributed by atoms with Crippen LogP contribution in [0.5, 0.6) is 0 Å². The van der Waals surface area contributed by atoms with Crippen LogP contribution in [0.1, 0.15) is 20.3 Å². The molecule has 0 aliphatic carbocycles. The molecule has 1 unspecified atom stereocenters. The molecule has 0 spiro atoms. The van der Waals surface area contributed by atoms with Crippen LogP contribution in [0.15, 0.2) is 24.5 Å². The topological polar surface area (TPSA) is 24.9 Å². The molecule has 13 heavy (non-hydrogen) atoms. The van der Waals surface area contributed by atoms with Crippen LogP contribution in [0.4, 0.5) is 5.69 Å². The number of halogens is 1. The number of rotatable bonds is 4. The monoisotopic (exact) mass is 198 g/mol. The second-order valence-electron chi connectivity index (χ2n) is 3.41. The zero-order valence-electron chi connectivity index (χ0n) is 8.05. The molecule has 0 aliphatic rings. The first-order valence-corrected chi connectivity index (χ1v) is 4.98. The smallest absolute Gasteiger partial charge is 0.0478 e. The average Bonchev–Trinajstić information content (AvgIpc) is 2.19. The first kappa shape index (κ1) is 10.3. The third kappa shape index (κ3) is 2.88. The van der Waals surface area contributed by atoms with Gasteiger partial charge in [-0.25, -0.2) is 0 Å². The molecule has 1 atom stereocenters. The summed E-state index contributed by atoms with van der Waals surface area (Å²) < 4.78 is 0. The molecule has 0 aromatic carbocycles. The van der Waals surface area contributed by atoms with Gasteiger partial charge >= 0.3 is 0 Å². The number of alkyl halides is 1. The van der Waals surface area contributed by atoms with Gasteiger partial charge in [-0.15, -0.1) is 11.6 Å². The van der Waals surface area contributed by atoms with Gasteiger partial charge in [0.1, 0.15) is 0 Å². The molecule has 0 saturated carbocycles. The maximum atomic E-state index is 5.88. The molecule has 0 aliphatic heterocycles. The highest BCUT2D eigenvalue weighted by Gasteiger charge is 2.19. The van der Waals surface area contributed by atoms with Gasteiger partial charge in [0.25, 0.3) is 0 Å². The fraction of sp³-hybridized carbons (Fsp3) is 0.500. The number of aromatic nitrogens is 1. The first-order chi connectivity index (χ1) is 6.20. The third-order valence-electron chi connectivity index (χ3n) is 2.20. The van der Waals surface area contributed by atoms with Crippen LogP contribution in [-0.4, -0.2) is 16.4 Å². The van der Waals surface area contributed by atoms with Crippen LogP contribution in [0, 0.1) is 0 Å². The minimum Gasteiger partial charge on any atom is -0.379 e. The highest BCUT2D eigenvalue weighted by atomic mass is 35.5. The van der Waals surface area contributed by atoms with Gasteiger partial charge in [-0.2, -0.15) is 0 Å². The Morgan fingerprint density at radius 2 is 2.08 bits per heavy atom. The van der Waals surface area contributed by atoms with Gasteiger partial charge in [-0.1, -0.05) is 6.92 Å². The Morgan fingerprint density at radius 1 is 1.46 bits per heavy atom. The highest BCUT2D eigenvalue weighted by Crippen LogP contribution is 2.18. The molecule has 1 N–H and O–H groups in total. The molecule has 1 heterocycles. The molecule has 1 rings (SSSR count). The Labute approximate surface area is 84.3 Å². The Hall–Kier alpha value is -0.760. The Morgan fingerprint density at radius 3 is 2.54 bits per heavy atom. The highest BCUT2D eigenvalue weighted by molar-refractivity contribution is 6.18. The molecule has 0 fully saturated rings. The Kier molecular flexibility index (Phi) is 3.55. The van der Waals surface area contributed by atoms with E-state index >= 15 is 0 Å². The molecule has 0 saturated heterocycles. The van der Waals surface area contributed by atoms with Crippen LogP contribution in [0.25, 0.3) is 0 Å². The first-order valence-electron chi connectivity index (χ1n) is 4.44. The van der Waals surface area contributed by atoms with E-state index in [0.717, 1.165) is 12.1 Å². The zero-order valence-corrected chi connectivity index (χ0v) is 8.80. The van der Waals surface area contributed by atoms with Crippen molar-refractivity contribution in [2.75, 3.05) is 11.2 Å². The Balaban J connectivity index is 2.68. The van der Waals surface area contributed by atoms with Crippen molar-refractivity contribution in [1.29, 1.82) is 0 Å². The summed E-state index contributed by atoms with van der Waals surface area (Å²) in [6, 6.07) is 3.89. The van der Waals surface area contributed by atoms with Crippen molar-refractivity contribution < 1.29 is 0 Å². The maximum absolute atomic E-state index is 5.88. The van der Waals surface area contributed by atoms with Gasteiger partial charge in [-0.3, -0.25) is 4.98 Å². The van der Waals surface area contributed by atoms with E-state index in [2.05, 4.69) is 24.1 Å². The molecular weight excluding hydrogens is 184 g/mol. The van der Waals surface area contributed by atoms with Gasteiger partial charge in [0.15, 0.2) is 0 Å². The average molecular weight is 199 g/mol. The lowest BCUT2D eigenvalue weighted by Crippen LogP contribution is -2.35. The predicted molar refractivity (Wildman–Crippen MR) is 57.3 cm³/mol. The van der Waals surface area contributed by atoms with Gasteiger partial charge in [0, 0.05) is 29.5 Å². The lowest BCUT2D eigenvalue weighted by atomic mass is 10.0. The van der Waals surface area contributed by atoms with E-state index in [9.17, 15) is 0 Å². The molecule has 0 amide bonds. The van der Waals surface area contributed by atoms with Gasteiger partial charge < -0.3 is 5.32 Å². The van der Waals surface area contributed by atoms with Crippen molar-refractivity contribution in [2.24, 2.45) is 0 Å². The third-order valence-corrected chi connectivity index (χ3v) is 2.79. The number of hydrogen-bond donors (Lipinski definition) is 1. The van der Waals surface area contributed by atoms with E-state index in [-0.39, 0.29) is 5.54 Å². The zero-order chi connectivity index (χ0) is 9.73. The van der Waals surface area contributed by atoms with E-state index in [4.69, 9.17) is 11.6 Å². The van der Waals surface area contributed by atoms with Crippen molar-refractivity contribution in [3.05, 3.63) is 24.5 Å². The number of hydrogen-bond acceptors (Lipinski definition) is 2. The molecule has 3 heteroatoms. The summed E-state index contributed by atoms with van der Waals surface area (Å²) in [7, 11) is 0. The summed E-state index contributed by atoms with van der Waals surface area (Å²) in [5.74, 6) is 0.603. The van der Waals surface area contributed by atoms with E-state index in [0.29, 0.717) is 5.88 Å². The summed E-state index contributed by atoms with van der Waals surface area (Å²) in [6.07, 6.45) is 4.54. The van der Waals surface area contributed by atoms with Crippen LogP contribution in [0.2, 0.25) is 0 Å². The fourth-order valence-electron chi connectivity index (χ4n) is 1.000. The summed E-state index contributed by atoms with van der Waals surface area (Å²) in [5, 5.41) is 3.38. The second kappa shape index (κ2) is 4.47. The van der Waals surface area contributed by atoms with Gasteiger partial charge in [-0.05, 0) is 25.5 Å². The van der Waals surface area contributed by atoms with Gasteiger partial charge in [0.2, 0.25) is 0 Å². The quantitative estimate of drug-likeness (QED) is 0.753. The number of pyridine rings is 1. The fourth-order valence-corrected chi connectivity index (χ4v) is 1.26. The van der Waals surface area contributed by atoms with Crippen molar-refractivity contribution in [3.8, 4) is 0 Å². The normalized spacial score (nSPS) is 15.0. The molecule has 0 radical (unpaired) electrons.